The molecule has 3 aromatic carbocycles. The number of hydrogen-bond donors (Lipinski definition) is 3. The molecule has 0 saturated heterocycles. The van der Waals surface area contributed by atoms with E-state index in [2.05, 4.69) is 44.1 Å². The number of carbonyl (C=O) groups excluding carboxylic acids is 2. The summed E-state index contributed by atoms with van der Waals surface area (Å²) in [5.74, 6) is 0.684. The summed E-state index contributed by atoms with van der Waals surface area (Å²) in [5.41, 5.74) is 5.50. The maximum absolute atomic E-state index is 12.9. The number of rotatable bonds is 2. The Hall–Kier alpha value is -4.95. The number of carbonyl (C=O) groups is 2. The van der Waals surface area contributed by atoms with Crippen molar-refractivity contribution in [1.82, 2.24) is 9.97 Å². The van der Waals surface area contributed by atoms with E-state index in [-0.39, 0.29) is 5.91 Å². The molecule has 0 aliphatic carbocycles. The molecule has 2 heterocycles. The van der Waals surface area contributed by atoms with Crippen LogP contribution in [-0.2, 0) is 17.6 Å². The second kappa shape index (κ2) is 12.3. The number of nitriles is 1. The third kappa shape index (κ3) is 7.55. The Bertz CT molecular complexity index is 1590. The van der Waals surface area contributed by atoms with Gasteiger partial charge < -0.3 is 16.0 Å². The van der Waals surface area contributed by atoms with Crippen LogP contribution in [0.5, 0.6) is 0 Å². The van der Waals surface area contributed by atoms with Gasteiger partial charge in [-0.1, -0.05) is 23.7 Å². The minimum atomic E-state index is -4.64. The number of fused-ring (bicyclic) bond motifs is 6. The van der Waals surface area contributed by atoms with Crippen LogP contribution in [0, 0.1) is 11.3 Å². The number of benzene rings is 3. The molecule has 6 bridgehead atoms. The molecule has 12 heteroatoms. The van der Waals surface area contributed by atoms with Gasteiger partial charge >= 0.3 is 6.18 Å². The predicted molar refractivity (Wildman–Crippen MR) is 145 cm³/mol. The number of nitrogens with zero attached hydrogens (tertiary/aromatic N) is 3. The van der Waals surface area contributed by atoms with E-state index in [0.717, 1.165) is 34.6 Å². The highest BCUT2D eigenvalue weighted by Gasteiger charge is 2.25. The Morgan fingerprint density at radius 2 is 1.75 bits per heavy atom. The van der Waals surface area contributed by atoms with Crippen molar-refractivity contribution in [3.63, 3.8) is 0 Å². The van der Waals surface area contributed by atoms with Gasteiger partial charge in [0.2, 0.25) is 12.2 Å². The number of aldehydes is 1. The summed E-state index contributed by atoms with van der Waals surface area (Å²) < 4.78 is 31.2. The highest BCUT2D eigenvalue weighted by Crippen LogP contribution is 2.29. The first-order valence-electron chi connectivity index (χ1n) is 11.8. The molecule has 1 amide bonds. The topological polar surface area (TPSA) is 120 Å². The summed E-state index contributed by atoms with van der Waals surface area (Å²) in [4.78, 5) is 30.3. The molecule has 5 rings (SSSR count). The number of aromatic nitrogens is 2. The Kier molecular flexibility index (Phi) is 8.61. The van der Waals surface area contributed by atoms with Crippen molar-refractivity contribution in [3.8, 4) is 6.07 Å². The van der Waals surface area contributed by atoms with Crippen LogP contribution in [0.3, 0.4) is 0 Å². The van der Waals surface area contributed by atoms with Crippen LogP contribution in [0.4, 0.5) is 42.0 Å². The number of aryl methyl sites for hydroxylation is 2. The fourth-order valence-electron chi connectivity index (χ4n) is 3.76. The van der Waals surface area contributed by atoms with Crippen molar-refractivity contribution in [3.05, 3.63) is 100 Å². The summed E-state index contributed by atoms with van der Waals surface area (Å²) in [7, 11) is 0. The second-order valence-electron chi connectivity index (χ2n) is 8.52. The van der Waals surface area contributed by atoms with Crippen LogP contribution in [-0.4, -0.2) is 28.3 Å². The van der Waals surface area contributed by atoms with Crippen molar-refractivity contribution in [1.29, 1.82) is 5.26 Å². The van der Waals surface area contributed by atoms with Crippen molar-refractivity contribution in [2.45, 2.75) is 19.0 Å². The molecular weight excluding hydrogens is 545 g/mol. The Morgan fingerprint density at radius 3 is 2.45 bits per heavy atom. The maximum atomic E-state index is 12.9. The van der Waals surface area contributed by atoms with Crippen LogP contribution in [0.25, 0.3) is 0 Å². The number of hydrogen-bond acceptors (Lipinski definition) is 7. The lowest BCUT2D eigenvalue weighted by atomic mass is 10.0. The van der Waals surface area contributed by atoms with Crippen molar-refractivity contribution in [2.24, 2.45) is 0 Å². The van der Waals surface area contributed by atoms with Gasteiger partial charge in [-0.15, -0.1) is 0 Å². The van der Waals surface area contributed by atoms with Crippen molar-refractivity contribution >= 4 is 52.6 Å². The van der Waals surface area contributed by atoms with E-state index in [9.17, 15) is 18.0 Å². The molecule has 202 valence electrons. The quantitative estimate of drug-likeness (QED) is 0.235. The van der Waals surface area contributed by atoms with Gasteiger partial charge in [0, 0.05) is 22.6 Å². The van der Waals surface area contributed by atoms with E-state index in [4.69, 9.17) is 21.7 Å². The minimum Gasteiger partial charge on any atom is -0.339 e. The zero-order valence-electron chi connectivity index (χ0n) is 20.6. The molecule has 0 saturated carbocycles. The molecule has 4 aromatic rings. The van der Waals surface area contributed by atoms with Gasteiger partial charge in [0.05, 0.1) is 17.8 Å². The summed E-state index contributed by atoms with van der Waals surface area (Å²) in [5, 5.41) is 18.9. The molecule has 1 aliphatic rings. The third-order valence-electron chi connectivity index (χ3n) is 5.64. The van der Waals surface area contributed by atoms with E-state index in [1.54, 1.807) is 30.5 Å². The average Bonchev–Trinajstić information content (AvgIpc) is 2.95. The molecule has 0 fully saturated rings. The summed E-state index contributed by atoms with van der Waals surface area (Å²) >= 11 is 6.33. The summed E-state index contributed by atoms with van der Waals surface area (Å²) in [6.45, 7) is 0. The standard InChI is InChI=1S/C26H19ClN6O.C2HF3O/c27-22-15-29-26-31-20-3-1-2-16(12-20)4-9-19-13-21(30-24(22)33-26)10-11-23(19)32-25(34)18-7-5-17(14-28)6-8-18;3-2(4,5)1-6/h1-3,5-8,10-13,15H,4,9H2,(H,32,34)(H2,29,30,31,33);1H. The van der Waals surface area contributed by atoms with Crippen LogP contribution in [0.15, 0.2) is 72.9 Å². The summed E-state index contributed by atoms with van der Waals surface area (Å²) in [6.07, 6.45) is -2.67. The molecule has 3 N–H and O–H groups in total. The first-order valence-corrected chi connectivity index (χ1v) is 12.1. The van der Waals surface area contributed by atoms with Gasteiger partial charge in [-0.25, -0.2) is 4.98 Å². The molecule has 1 aliphatic heterocycles. The van der Waals surface area contributed by atoms with Gasteiger partial charge in [-0.3, -0.25) is 9.59 Å². The van der Waals surface area contributed by atoms with E-state index in [1.165, 1.54) is 0 Å². The zero-order chi connectivity index (χ0) is 28.7. The van der Waals surface area contributed by atoms with Crippen molar-refractivity contribution in [2.75, 3.05) is 16.0 Å². The van der Waals surface area contributed by atoms with Crippen LogP contribution in [0.2, 0.25) is 5.02 Å². The number of anilines is 5. The molecule has 1 aromatic heterocycles. The number of nitrogens with one attached hydrogen (secondary N) is 3. The highest BCUT2D eigenvalue weighted by molar-refractivity contribution is 6.32. The van der Waals surface area contributed by atoms with Gasteiger partial charge in [0.15, 0.2) is 5.82 Å². The Labute approximate surface area is 231 Å². The first-order chi connectivity index (χ1) is 19.1. The zero-order valence-corrected chi connectivity index (χ0v) is 21.3. The third-order valence-corrected chi connectivity index (χ3v) is 5.91. The average molecular weight is 565 g/mol. The van der Waals surface area contributed by atoms with E-state index in [1.807, 2.05) is 30.3 Å². The fourth-order valence-corrected chi connectivity index (χ4v) is 3.89. The van der Waals surface area contributed by atoms with E-state index < -0.39 is 12.5 Å². The maximum Gasteiger partial charge on any atom is 0.446 e. The Morgan fingerprint density at radius 1 is 1.02 bits per heavy atom. The number of halogens is 4. The lowest BCUT2D eigenvalue weighted by molar-refractivity contribution is -0.156. The van der Waals surface area contributed by atoms with Crippen LogP contribution < -0.4 is 16.0 Å². The molecule has 0 spiro atoms. The predicted octanol–water partition coefficient (Wildman–Crippen LogP) is 6.59. The molecule has 0 atom stereocenters. The van der Waals surface area contributed by atoms with Crippen LogP contribution in [0.1, 0.15) is 27.0 Å². The second-order valence-corrected chi connectivity index (χ2v) is 8.92. The van der Waals surface area contributed by atoms with Gasteiger partial charge in [-0.2, -0.15) is 23.4 Å². The van der Waals surface area contributed by atoms with Crippen LogP contribution >= 0.6 is 11.6 Å². The lowest BCUT2D eigenvalue weighted by Gasteiger charge is -2.15. The highest BCUT2D eigenvalue weighted by atomic mass is 35.5. The van der Waals surface area contributed by atoms with Gasteiger partial charge in [0.1, 0.15) is 5.02 Å². The SMILES string of the molecule is N#Cc1ccc(C(=O)Nc2ccc3cc2CCc2cccc(c2)Nc2ncc(Cl)c(n2)N3)cc1.O=CC(F)(F)F. The van der Waals surface area contributed by atoms with E-state index in [0.29, 0.717) is 34.3 Å². The fraction of sp³-hybridized carbons (Fsp3) is 0.107. The van der Waals surface area contributed by atoms with Gasteiger partial charge in [0.25, 0.3) is 5.91 Å². The molecule has 0 radical (unpaired) electrons. The Balaban J connectivity index is 0.000000557. The molecular formula is C28H20ClF3N6O2. The van der Waals surface area contributed by atoms with Crippen molar-refractivity contribution < 1.29 is 22.8 Å². The number of amides is 1. The smallest absolute Gasteiger partial charge is 0.339 e. The largest absolute Gasteiger partial charge is 0.446 e. The summed E-state index contributed by atoms with van der Waals surface area (Å²) in [6, 6.07) is 22.4. The van der Waals surface area contributed by atoms with E-state index >= 15 is 0 Å². The molecule has 8 nitrogen and oxygen atoms in total. The normalized spacial score (nSPS) is 11.9. The minimum absolute atomic E-state index is 0.237. The first kappa shape index (κ1) is 28.1. The van der Waals surface area contributed by atoms with Gasteiger partial charge in [-0.05, 0) is 78.6 Å². The monoisotopic (exact) mass is 564 g/mol. The molecule has 0 unspecified atom stereocenters. The lowest BCUT2D eigenvalue weighted by Crippen LogP contribution is -2.13. The molecule has 40 heavy (non-hydrogen) atoms. The number of alkyl halides is 3.